The molecule has 2 N–H and O–H groups in total. The predicted molar refractivity (Wildman–Crippen MR) is 80.6 cm³/mol. The molecule has 3 nitrogen and oxygen atoms in total. The fourth-order valence-electron chi connectivity index (χ4n) is 2.27. The molecular formula is C17H16FN3. The van der Waals surface area contributed by atoms with E-state index in [9.17, 15) is 4.39 Å². The fourth-order valence-corrected chi connectivity index (χ4v) is 2.27. The van der Waals surface area contributed by atoms with Gasteiger partial charge in [-0.15, -0.1) is 0 Å². The molecule has 0 amide bonds. The number of hydrogen-bond donors (Lipinski definition) is 1. The summed E-state index contributed by atoms with van der Waals surface area (Å²) in [7, 11) is 0. The molecule has 0 radical (unpaired) electrons. The number of aromatic nitrogens is 2. The zero-order valence-corrected chi connectivity index (χ0v) is 11.5. The predicted octanol–water partition coefficient (Wildman–Crippen LogP) is 3.25. The van der Waals surface area contributed by atoms with Crippen LogP contribution in [0, 0.1) is 5.82 Å². The number of nitrogens with zero attached hydrogens (tertiary/aromatic N) is 2. The maximum absolute atomic E-state index is 13.7. The van der Waals surface area contributed by atoms with Gasteiger partial charge in [0.25, 0.3) is 0 Å². The van der Waals surface area contributed by atoms with Crippen molar-refractivity contribution in [3.63, 3.8) is 0 Å². The van der Waals surface area contributed by atoms with Gasteiger partial charge in [0.1, 0.15) is 5.82 Å². The van der Waals surface area contributed by atoms with Crippen LogP contribution in [0.3, 0.4) is 0 Å². The molecule has 21 heavy (non-hydrogen) atoms. The molecule has 3 rings (SSSR count). The summed E-state index contributed by atoms with van der Waals surface area (Å²) in [5.41, 5.74) is 8.48. The van der Waals surface area contributed by atoms with Gasteiger partial charge < -0.3 is 5.73 Å². The Bertz CT molecular complexity index is 722. The number of nitrogens with two attached hydrogens (primary N) is 1. The third-order valence-electron chi connectivity index (χ3n) is 3.41. The molecule has 0 aliphatic heterocycles. The first-order valence-electron chi connectivity index (χ1n) is 6.84. The lowest BCUT2D eigenvalue weighted by molar-refractivity contribution is 0.588. The van der Waals surface area contributed by atoms with Crippen molar-refractivity contribution in [1.82, 2.24) is 9.78 Å². The quantitative estimate of drug-likeness (QED) is 0.797. The van der Waals surface area contributed by atoms with E-state index in [1.807, 2.05) is 48.7 Å². The van der Waals surface area contributed by atoms with Gasteiger partial charge in [0.15, 0.2) is 0 Å². The Morgan fingerprint density at radius 3 is 2.48 bits per heavy atom. The van der Waals surface area contributed by atoms with Crippen LogP contribution in [0.15, 0.2) is 66.9 Å². The van der Waals surface area contributed by atoms with Crippen molar-refractivity contribution >= 4 is 0 Å². The summed E-state index contributed by atoms with van der Waals surface area (Å²) < 4.78 is 15.4. The van der Waals surface area contributed by atoms with Crippen molar-refractivity contribution in [1.29, 1.82) is 0 Å². The maximum atomic E-state index is 13.7. The van der Waals surface area contributed by atoms with E-state index >= 15 is 0 Å². The van der Waals surface area contributed by atoms with E-state index in [4.69, 9.17) is 5.73 Å². The highest BCUT2D eigenvalue weighted by atomic mass is 19.1. The zero-order chi connectivity index (χ0) is 14.7. The van der Waals surface area contributed by atoms with Gasteiger partial charge >= 0.3 is 0 Å². The van der Waals surface area contributed by atoms with Crippen LogP contribution in [0.4, 0.5) is 4.39 Å². The molecule has 1 heterocycles. The highest BCUT2D eigenvalue weighted by Crippen LogP contribution is 2.17. The van der Waals surface area contributed by atoms with Crippen molar-refractivity contribution in [2.45, 2.75) is 12.5 Å². The zero-order valence-electron chi connectivity index (χ0n) is 11.5. The molecule has 0 fully saturated rings. The molecule has 0 aliphatic rings. The first-order valence-corrected chi connectivity index (χ1v) is 6.84. The van der Waals surface area contributed by atoms with Gasteiger partial charge in [0, 0.05) is 6.20 Å². The van der Waals surface area contributed by atoms with Gasteiger partial charge in [-0.3, -0.25) is 0 Å². The minimum Gasteiger partial charge on any atom is -0.322 e. The number of rotatable bonds is 4. The van der Waals surface area contributed by atoms with Crippen molar-refractivity contribution < 1.29 is 4.39 Å². The summed E-state index contributed by atoms with van der Waals surface area (Å²) in [6.45, 7) is 0. The smallest absolute Gasteiger partial charge is 0.126 e. The van der Waals surface area contributed by atoms with Crippen LogP contribution in [-0.4, -0.2) is 9.78 Å². The average molecular weight is 281 g/mol. The Labute approximate surface area is 122 Å². The van der Waals surface area contributed by atoms with E-state index in [2.05, 4.69) is 5.10 Å². The Morgan fingerprint density at radius 2 is 1.71 bits per heavy atom. The average Bonchev–Trinajstić information content (AvgIpc) is 3.00. The monoisotopic (exact) mass is 281 g/mol. The van der Waals surface area contributed by atoms with E-state index in [1.54, 1.807) is 16.8 Å². The van der Waals surface area contributed by atoms with Gasteiger partial charge in [-0.2, -0.15) is 5.10 Å². The molecule has 106 valence electrons. The lowest BCUT2D eigenvalue weighted by Gasteiger charge is -2.09. The van der Waals surface area contributed by atoms with Crippen molar-refractivity contribution in [3.8, 4) is 5.69 Å². The number of para-hydroxylation sites is 1. The van der Waals surface area contributed by atoms with Gasteiger partial charge in [-0.05, 0) is 36.2 Å². The number of halogens is 1. The molecule has 0 saturated heterocycles. The van der Waals surface area contributed by atoms with Gasteiger partial charge in [0.2, 0.25) is 0 Å². The molecule has 2 aromatic carbocycles. The van der Waals surface area contributed by atoms with Crippen molar-refractivity contribution in [3.05, 3.63) is 83.9 Å². The summed E-state index contributed by atoms with van der Waals surface area (Å²) in [4.78, 5) is 0. The molecule has 4 heteroatoms. The fraction of sp³-hybridized carbons (Fsp3) is 0.118. The standard InChI is InChI=1S/C17H16FN3/c18-15-9-5-4-6-13(15)12-16(19)17-10-11-21(20-17)14-7-2-1-3-8-14/h1-11,16H,12,19H2. The van der Waals surface area contributed by atoms with Crippen LogP contribution in [0.5, 0.6) is 0 Å². The molecule has 1 atom stereocenters. The van der Waals surface area contributed by atoms with Gasteiger partial charge in [-0.25, -0.2) is 9.07 Å². The Morgan fingerprint density at radius 1 is 1.00 bits per heavy atom. The molecular weight excluding hydrogens is 265 g/mol. The second kappa shape index (κ2) is 5.89. The van der Waals surface area contributed by atoms with Crippen molar-refractivity contribution in [2.24, 2.45) is 5.73 Å². The van der Waals surface area contributed by atoms with Crippen LogP contribution in [0.2, 0.25) is 0 Å². The summed E-state index contributed by atoms with van der Waals surface area (Å²) in [6.07, 6.45) is 2.30. The van der Waals surface area contributed by atoms with Crippen molar-refractivity contribution in [2.75, 3.05) is 0 Å². The number of hydrogen-bond acceptors (Lipinski definition) is 2. The minimum absolute atomic E-state index is 0.226. The lowest BCUT2D eigenvalue weighted by atomic mass is 10.0. The van der Waals surface area contributed by atoms with Crippen LogP contribution >= 0.6 is 0 Å². The summed E-state index contributed by atoms with van der Waals surface area (Å²) in [5, 5.41) is 4.48. The Balaban J connectivity index is 1.79. The molecule has 0 bridgehead atoms. The molecule has 3 aromatic rings. The third kappa shape index (κ3) is 3.01. The summed E-state index contributed by atoms with van der Waals surface area (Å²) in [6, 6.07) is 18.0. The lowest BCUT2D eigenvalue weighted by Crippen LogP contribution is -2.15. The molecule has 0 aliphatic carbocycles. The topological polar surface area (TPSA) is 43.8 Å². The van der Waals surface area contributed by atoms with Gasteiger partial charge in [-0.1, -0.05) is 36.4 Å². The second-order valence-corrected chi connectivity index (χ2v) is 4.92. The second-order valence-electron chi connectivity index (χ2n) is 4.92. The molecule has 1 unspecified atom stereocenters. The molecule has 0 spiro atoms. The highest BCUT2D eigenvalue weighted by molar-refractivity contribution is 5.31. The van der Waals surface area contributed by atoms with Gasteiger partial charge in [0.05, 0.1) is 17.4 Å². The summed E-state index contributed by atoms with van der Waals surface area (Å²) >= 11 is 0. The minimum atomic E-state index is -0.327. The Hall–Kier alpha value is -2.46. The normalized spacial score (nSPS) is 12.3. The van der Waals surface area contributed by atoms with Crippen LogP contribution in [-0.2, 0) is 6.42 Å². The number of benzene rings is 2. The maximum Gasteiger partial charge on any atom is 0.126 e. The largest absolute Gasteiger partial charge is 0.322 e. The third-order valence-corrected chi connectivity index (χ3v) is 3.41. The first-order chi connectivity index (χ1) is 10.2. The Kier molecular flexibility index (Phi) is 3.79. The van der Waals surface area contributed by atoms with E-state index in [-0.39, 0.29) is 11.9 Å². The van der Waals surface area contributed by atoms with Crippen LogP contribution < -0.4 is 5.73 Å². The van der Waals surface area contributed by atoms with Crippen LogP contribution in [0.1, 0.15) is 17.3 Å². The molecule has 0 saturated carbocycles. The van der Waals surface area contributed by atoms with Crippen LogP contribution in [0.25, 0.3) is 5.69 Å². The molecule has 1 aromatic heterocycles. The highest BCUT2D eigenvalue weighted by Gasteiger charge is 2.13. The van der Waals surface area contributed by atoms with E-state index in [1.165, 1.54) is 6.07 Å². The van der Waals surface area contributed by atoms with E-state index < -0.39 is 0 Å². The van der Waals surface area contributed by atoms with E-state index in [0.717, 1.165) is 11.4 Å². The SMILES string of the molecule is NC(Cc1ccccc1F)c1ccn(-c2ccccc2)n1. The van der Waals surface area contributed by atoms with E-state index in [0.29, 0.717) is 12.0 Å². The summed E-state index contributed by atoms with van der Waals surface area (Å²) in [5.74, 6) is -0.226. The first kappa shape index (κ1) is 13.5.